The maximum absolute atomic E-state index is 10.8. The van der Waals surface area contributed by atoms with Crippen LogP contribution in [0.2, 0.25) is 4.34 Å². The van der Waals surface area contributed by atoms with E-state index in [0.717, 1.165) is 6.26 Å². The van der Waals surface area contributed by atoms with Gasteiger partial charge >= 0.3 is 0 Å². The smallest absolute Gasteiger partial charge is 0.150 e. The third-order valence-electron chi connectivity index (χ3n) is 1.38. The predicted molar refractivity (Wildman–Crippen MR) is 54.0 cm³/mol. The molecule has 74 valence electrons. The first-order valence-electron chi connectivity index (χ1n) is 3.49. The topological polar surface area (TPSA) is 54.4 Å². The predicted octanol–water partition coefficient (Wildman–Crippen LogP) is 1.48. The molecular formula is C7H9ClO3S2. The number of rotatable bonds is 3. The largest absolute Gasteiger partial charge is 0.387 e. The van der Waals surface area contributed by atoms with Crippen molar-refractivity contribution in [1.29, 1.82) is 0 Å². The van der Waals surface area contributed by atoms with Crippen molar-refractivity contribution in [2.75, 3.05) is 12.0 Å². The van der Waals surface area contributed by atoms with E-state index < -0.39 is 15.9 Å². The molecule has 6 heteroatoms. The summed E-state index contributed by atoms with van der Waals surface area (Å²) in [5.41, 5.74) is 0. The lowest BCUT2D eigenvalue weighted by molar-refractivity contribution is 0.205. The Morgan fingerprint density at radius 2 is 2.23 bits per heavy atom. The molecular weight excluding hydrogens is 232 g/mol. The summed E-state index contributed by atoms with van der Waals surface area (Å²) >= 11 is 6.82. The molecule has 0 fully saturated rings. The van der Waals surface area contributed by atoms with Crippen LogP contribution in [0.25, 0.3) is 0 Å². The molecule has 0 radical (unpaired) electrons. The molecule has 13 heavy (non-hydrogen) atoms. The average Bonchev–Trinajstić information content (AvgIpc) is 2.31. The van der Waals surface area contributed by atoms with Gasteiger partial charge in [0.15, 0.2) is 0 Å². The fraction of sp³-hybridized carbons (Fsp3) is 0.429. The standard InChI is InChI=1S/C7H9ClO3S2/c1-13(10,11)4-5(9)6-2-3-7(8)12-6/h2-3,5,9H,4H2,1H3. The summed E-state index contributed by atoms with van der Waals surface area (Å²) in [4.78, 5) is 0.579. The Morgan fingerprint density at radius 1 is 1.62 bits per heavy atom. The highest BCUT2D eigenvalue weighted by molar-refractivity contribution is 7.90. The molecule has 3 nitrogen and oxygen atoms in total. The Balaban J connectivity index is 2.75. The molecule has 1 atom stereocenters. The van der Waals surface area contributed by atoms with Crippen molar-refractivity contribution < 1.29 is 13.5 Å². The second kappa shape index (κ2) is 3.96. The highest BCUT2D eigenvalue weighted by Gasteiger charge is 2.15. The molecule has 1 N–H and O–H groups in total. The van der Waals surface area contributed by atoms with E-state index in [0.29, 0.717) is 9.21 Å². The zero-order valence-electron chi connectivity index (χ0n) is 6.90. The number of aliphatic hydroxyl groups excluding tert-OH is 1. The van der Waals surface area contributed by atoms with E-state index >= 15 is 0 Å². The lowest BCUT2D eigenvalue weighted by atomic mass is 10.3. The van der Waals surface area contributed by atoms with Crippen LogP contribution >= 0.6 is 22.9 Å². The van der Waals surface area contributed by atoms with E-state index in [1.807, 2.05) is 0 Å². The molecule has 1 heterocycles. The Hall–Kier alpha value is -0.100. The van der Waals surface area contributed by atoms with E-state index in [1.165, 1.54) is 11.3 Å². The molecule has 0 spiro atoms. The summed E-state index contributed by atoms with van der Waals surface area (Å²) in [7, 11) is -3.15. The fourth-order valence-corrected chi connectivity index (χ4v) is 2.78. The van der Waals surface area contributed by atoms with Crippen molar-refractivity contribution in [3.63, 3.8) is 0 Å². The van der Waals surface area contributed by atoms with Crippen LogP contribution in [0.3, 0.4) is 0 Å². The molecule has 0 aromatic carbocycles. The van der Waals surface area contributed by atoms with Crippen LogP contribution < -0.4 is 0 Å². The minimum atomic E-state index is -3.15. The van der Waals surface area contributed by atoms with Crippen molar-refractivity contribution in [1.82, 2.24) is 0 Å². The molecule has 0 saturated carbocycles. The van der Waals surface area contributed by atoms with Crippen LogP contribution in [0.5, 0.6) is 0 Å². The summed E-state index contributed by atoms with van der Waals surface area (Å²) in [5.74, 6) is -0.260. The van der Waals surface area contributed by atoms with Crippen molar-refractivity contribution in [3.05, 3.63) is 21.3 Å². The number of aliphatic hydroxyl groups is 1. The normalized spacial score (nSPS) is 14.4. The average molecular weight is 241 g/mol. The van der Waals surface area contributed by atoms with E-state index in [-0.39, 0.29) is 5.75 Å². The van der Waals surface area contributed by atoms with Crippen LogP contribution in [0, 0.1) is 0 Å². The van der Waals surface area contributed by atoms with Crippen molar-refractivity contribution >= 4 is 32.8 Å². The summed E-state index contributed by atoms with van der Waals surface area (Å²) in [5, 5.41) is 9.44. The second-order valence-corrected chi connectivity index (χ2v) is 6.68. The molecule has 0 saturated heterocycles. The van der Waals surface area contributed by atoms with Gasteiger partial charge in [0.05, 0.1) is 10.1 Å². The van der Waals surface area contributed by atoms with Crippen LogP contribution in [0.1, 0.15) is 11.0 Å². The molecule has 1 aromatic heterocycles. The van der Waals surface area contributed by atoms with E-state index in [1.54, 1.807) is 12.1 Å². The van der Waals surface area contributed by atoms with Gasteiger partial charge in [-0.1, -0.05) is 11.6 Å². The van der Waals surface area contributed by atoms with E-state index in [2.05, 4.69) is 0 Å². The molecule has 0 aliphatic heterocycles. The molecule has 0 bridgehead atoms. The molecule has 1 rings (SSSR count). The van der Waals surface area contributed by atoms with Gasteiger partial charge in [0.1, 0.15) is 15.9 Å². The minimum Gasteiger partial charge on any atom is -0.387 e. The third-order valence-corrected chi connectivity index (χ3v) is 3.64. The Morgan fingerprint density at radius 3 is 2.62 bits per heavy atom. The van der Waals surface area contributed by atoms with Crippen molar-refractivity contribution in [2.45, 2.75) is 6.10 Å². The highest BCUT2D eigenvalue weighted by atomic mass is 35.5. The zero-order chi connectivity index (χ0) is 10.1. The van der Waals surface area contributed by atoms with Gasteiger partial charge in [-0.05, 0) is 12.1 Å². The van der Waals surface area contributed by atoms with Crippen LogP contribution in [0.4, 0.5) is 0 Å². The summed E-state index contributed by atoms with van der Waals surface area (Å²) in [6, 6.07) is 3.26. The first kappa shape index (κ1) is 11.0. The van der Waals surface area contributed by atoms with Gasteiger partial charge in [0.25, 0.3) is 0 Å². The Bertz CT molecular complexity index is 382. The highest BCUT2D eigenvalue weighted by Crippen LogP contribution is 2.27. The summed E-state index contributed by atoms with van der Waals surface area (Å²) in [6.07, 6.45) is 0.123. The number of halogens is 1. The lowest BCUT2D eigenvalue weighted by Crippen LogP contribution is -2.11. The van der Waals surface area contributed by atoms with Crippen LogP contribution in [-0.4, -0.2) is 25.5 Å². The van der Waals surface area contributed by atoms with Gasteiger partial charge in [-0.15, -0.1) is 11.3 Å². The molecule has 1 unspecified atom stereocenters. The Labute approximate surface area is 85.9 Å². The number of thiophene rings is 1. The van der Waals surface area contributed by atoms with Crippen molar-refractivity contribution in [3.8, 4) is 0 Å². The minimum absolute atomic E-state index is 0.260. The number of hydrogen-bond donors (Lipinski definition) is 1. The number of hydrogen-bond acceptors (Lipinski definition) is 4. The van der Waals surface area contributed by atoms with Crippen LogP contribution in [0.15, 0.2) is 12.1 Å². The van der Waals surface area contributed by atoms with Crippen molar-refractivity contribution in [2.24, 2.45) is 0 Å². The van der Waals surface area contributed by atoms with E-state index in [9.17, 15) is 13.5 Å². The molecule has 0 aliphatic rings. The van der Waals surface area contributed by atoms with Gasteiger partial charge in [-0.25, -0.2) is 8.42 Å². The molecule has 0 amide bonds. The zero-order valence-corrected chi connectivity index (χ0v) is 9.29. The van der Waals surface area contributed by atoms with Gasteiger partial charge in [0, 0.05) is 11.1 Å². The first-order chi connectivity index (χ1) is 5.88. The molecule has 1 aromatic rings. The maximum Gasteiger partial charge on any atom is 0.150 e. The van der Waals surface area contributed by atoms with Gasteiger partial charge in [0.2, 0.25) is 0 Å². The SMILES string of the molecule is CS(=O)(=O)CC(O)c1ccc(Cl)s1. The lowest BCUT2D eigenvalue weighted by Gasteiger charge is -2.05. The number of sulfone groups is 1. The van der Waals surface area contributed by atoms with E-state index in [4.69, 9.17) is 11.6 Å². The summed E-state index contributed by atoms with van der Waals surface area (Å²) < 4.78 is 22.2. The Kier molecular flexibility index (Phi) is 3.34. The fourth-order valence-electron chi connectivity index (χ4n) is 0.876. The van der Waals surface area contributed by atoms with Crippen LogP contribution in [-0.2, 0) is 9.84 Å². The maximum atomic E-state index is 10.8. The molecule has 0 aliphatic carbocycles. The quantitative estimate of drug-likeness (QED) is 0.871. The monoisotopic (exact) mass is 240 g/mol. The first-order valence-corrected chi connectivity index (χ1v) is 6.75. The third kappa shape index (κ3) is 3.64. The second-order valence-electron chi connectivity index (χ2n) is 2.75. The van der Waals surface area contributed by atoms with Gasteiger partial charge < -0.3 is 5.11 Å². The summed E-state index contributed by atoms with van der Waals surface area (Å²) in [6.45, 7) is 0. The van der Waals surface area contributed by atoms with Gasteiger partial charge in [-0.2, -0.15) is 0 Å². The van der Waals surface area contributed by atoms with Gasteiger partial charge in [-0.3, -0.25) is 0 Å².